The van der Waals surface area contributed by atoms with Crippen LogP contribution in [-0.2, 0) is 4.74 Å². The summed E-state index contributed by atoms with van der Waals surface area (Å²) in [6, 6.07) is 0.777. The molecule has 0 aromatic rings. The lowest BCUT2D eigenvalue weighted by atomic mass is 9.94. The van der Waals surface area contributed by atoms with E-state index in [1.807, 2.05) is 0 Å². The highest BCUT2D eigenvalue weighted by atomic mass is 16.5. The summed E-state index contributed by atoms with van der Waals surface area (Å²) in [6.07, 6.45) is 6.92. The molecule has 0 saturated heterocycles. The Labute approximate surface area is 117 Å². The summed E-state index contributed by atoms with van der Waals surface area (Å²) in [5, 5.41) is 6.56. The third kappa shape index (κ3) is 6.78. The summed E-state index contributed by atoms with van der Waals surface area (Å²) in [4.78, 5) is 6.67. The van der Waals surface area contributed by atoms with E-state index in [9.17, 15) is 0 Å². The molecule has 19 heavy (non-hydrogen) atoms. The van der Waals surface area contributed by atoms with Crippen molar-refractivity contribution in [2.24, 2.45) is 4.99 Å². The van der Waals surface area contributed by atoms with E-state index < -0.39 is 0 Å². The molecule has 0 heterocycles. The summed E-state index contributed by atoms with van der Waals surface area (Å²) in [7, 11) is 5.74. The number of hydrogen-bond acceptors (Lipinski definition) is 3. The Kier molecular flexibility index (Phi) is 8.58. The molecule has 2 N–H and O–H groups in total. The van der Waals surface area contributed by atoms with Gasteiger partial charge in [-0.05, 0) is 19.9 Å². The van der Waals surface area contributed by atoms with Gasteiger partial charge in [-0.25, -0.2) is 0 Å². The molecule has 1 aliphatic carbocycles. The monoisotopic (exact) mass is 270 g/mol. The van der Waals surface area contributed by atoms with Gasteiger partial charge in [0.1, 0.15) is 0 Å². The normalized spacial score (nSPS) is 17.8. The fraction of sp³-hybridized carbons (Fsp3) is 0.929. The number of likely N-dealkylation sites (N-methyl/N-ethyl adjacent to an activating group) is 1. The number of methoxy groups -OCH3 is 1. The number of nitrogens with one attached hydrogen (secondary N) is 2. The van der Waals surface area contributed by atoms with Crippen molar-refractivity contribution in [3.63, 3.8) is 0 Å². The standard InChI is InChI=1S/C14H30N4O/c1-15-14(17-10-12-19-3)16-9-11-18(2)13-7-5-4-6-8-13/h13H,4-12H2,1-3H3,(H2,15,16,17). The molecule has 1 fully saturated rings. The van der Waals surface area contributed by atoms with E-state index >= 15 is 0 Å². The van der Waals surface area contributed by atoms with Gasteiger partial charge >= 0.3 is 0 Å². The Bertz CT molecular complexity index is 252. The first-order valence-corrected chi connectivity index (χ1v) is 7.41. The molecule has 0 aromatic heterocycles. The van der Waals surface area contributed by atoms with Crippen molar-refractivity contribution in [1.29, 1.82) is 0 Å². The van der Waals surface area contributed by atoms with Crippen LogP contribution in [0.15, 0.2) is 4.99 Å². The summed E-state index contributed by atoms with van der Waals surface area (Å²) in [5.74, 6) is 0.856. The molecule has 0 bridgehead atoms. The topological polar surface area (TPSA) is 48.9 Å². The predicted octanol–water partition coefficient (Wildman–Crippen LogP) is 1.06. The van der Waals surface area contributed by atoms with Crippen molar-refractivity contribution >= 4 is 5.96 Å². The van der Waals surface area contributed by atoms with Gasteiger partial charge in [0.2, 0.25) is 0 Å². The maximum atomic E-state index is 5.01. The molecule has 5 heteroatoms. The molecule has 1 rings (SSSR count). The van der Waals surface area contributed by atoms with Crippen molar-refractivity contribution in [2.75, 3.05) is 47.4 Å². The molecular weight excluding hydrogens is 240 g/mol. The minimum Gasteiger partial charge on any atom is -0.383 e. The maximum Gasteiger partial charge on any atom is 0.191 e. The van der Waals surface area contributed by atoms with Crippen LogP contribution in [0.5, 0.6) is 0 Å². The van der Waals surface area contributed by atoms with E-state index in [1.54, 1.807) is 14.2 Å². The zero-order chi connectivity index (χ0) is 13.9. The van der Waals surface area contributed by atoms with Crippen LogP contribution >= 0.6 is 0 Å². The van der Waals surface area contributed by atoms with Gasteiger partial charge in [-0.1, -0.05) is 19.3 Å². The van der Waals surface area contributed by atoms with Gasteiger partial charge in [0.15, 0.2) is 5.96 Å². The molecule has 0 aliphatic heterocycles. The first-order valence-electron chi connectivity index (χ1n) is 7.41. The second kappa shape index (κ2) is 10.0. The van der Waals surface area contributed by atoms with Crippen molar-refractivity contribution in [3.05, 3.63) is 0 Å². The summed E-state index contributed by atoms with van der Waals surface area (Å²) < 4.78 is 5.01. The van der Waals surface area contributed by atoms with E-state index in [2.05, 4.69) is 27.6 Å². The van der Waals surface area contributed by atoms with Crippen LogP contribution in [0.25, 0.3) is 0 Å². The Hall–Kier alpha value is -0.810. The van der Waals surface area contributed by atoms with Crippen molar-refractivity contribution in [3.8, 4) is 0 Å². The molecule has 0 aromatic carbocycles. The van der Waals surface area contributed by atoms with E-state index in [-0.39, 0.29) is 0 Å². The second-order valence-corrected chi connectivity index (χ2v) is 5.19. The Morgan fingerprint density at radius 1 is 1.21 bits per heavy atom. The zero-order valence-electron chi connectivity index (χ0n) is 12.7. The maximum absolute atomic E-state index is 5.01. The third-order valence-electron chi connectivity index (χ3n) is 3.78. The van der Waals surface area contributed by atoms with Gasteiger partial charge in [0.05, 0.1) is 6.61 Å². The molecule has 112 valence electrons. The predicted molar refractivity (Wildman–Crippen MR) is 80.7 cm³/mol. The summed E-state index contributed by atoms with van der Waals surface area (Å²) in [5.41, 5.74) is 0. The number of guanidine groups is 1. The number of rotatable bonds is 7. The van der Waals surface area contributed by atoms with E-state index in [0.717, 1.165) is 31.6 Å². The zero-order valence-corrected chi connectivity index (χ0v) is 12.7. The first-order chi connectivity index (χ1) is 9.27. The summed E-state index contributed by atoms with van der Waals surface area (Å²) in [6.45, 7) is 3.48. The highest BCUT2D eigenvalue weighted by Crippen LogP contribution is 2.21. The van der Waals surface area contributed by atoms with Crippen LogP contribution < -0.4 is 10.6 Å². The van der Waals surface area contributed by atoms with Crippen LogP contribution in [0.4, 0.5) is 0 Å². The molecule has 1 aliphatic rings. The van der Waals surface area contributed by atoms with E-state index in [0.29, 0.717) is 6.61 Å². The van der Waals surface area contributed by atoms with Gasteiger partial charge in [-0.3, -0.25) is 4.99 Å². The lowest BCUT2D eigenvalue weighted by Crippen LogP contribution is -2.44. The highest BCUT2D eigenvalue weighted by Gasteiger charge is 2.17. The molecule has 5 nitrogen and oxygen atoms in total. The van der Waals surface area contributed by atoms with Crippen LogP contribution in [-0.4, -0.2) is 64.3 Å². The molecule has 0 spiro atoms. The summed E-state index contributed by atoms with van der Waals surface area (Å²) >= 11 is 0. The Balaban J connectivity index is 2.13. The molecule has 1 saturated carbocycles. The number of aliphatic imine (C=N–C) groups is 1. The minimum atomic E-state index is 0.697. The Morgan fingerprint density at radius 3 is 2.53 bits per heavy atom. The van der Waals surface area contributed by atoms with Gasteiger partial charge < -0.3 is 20.3 Å². The lowest BCUT2D eigenvalue weighted by molar-refractivity contribution is 0.194. The van der Waals surface area contributed by atoms with Crippen molar-refractivity contribution in [1.82, 2.24) is 15.5 Å². The average molecular weight is 270 g/mol. The van der Waals surface area contributed by atoms with Gasteiger partial charge in [-0.15, -0.1) is 0 Å². The van der Waals surface area contributed by atoms with E-state index in [4.69, 9.17) is 4.74 Å². The second-order valence-electron chi connectivity index (χ2n) is 5.19. The van der Waals surface area contributed by atoms with Crippen molar-refractivity contribution in [2.45, 2.75) is 38.1 Å². The van der Waals surface area contributed by atoms with E-state index in [1.165, 1.54) is 32.1 Å². The number of ether oxygens (including phenoxy) is 1. The molecule has 0 radical (unpaired) electrons. The van der Waals surface area contributed by atoms with Crippen LogP contribution in [0.1, 0.15) is 32.1 Å². The quantitative estimate of drug-likeness (QED) is 0.413. The SMILES string of the molecule is CN=C(NCCOC)NCCN(C)C1CCCCC1. The third-order valence-corrected chi connectivity index (χ3v) is 3.78. The van der Waals surface area contributed by atoms with Crippen LogP contribution in [0.2, 0.25) is 0 Å². The van der Waals surface area contributed by atoms with Crippen LogP contribution in [0, 0.1) is 0 Å². The smallest absolute Gasteiger partial charge is 0.191 e. The largest absolute Gasteiger partial charge is 0.383 e. The van der Waals surface area contributed by atoms with Gasteiger partial charge in [-0.2, -0.15) is 0 Å². The molecular formula is C14H30N4O. The molecule has 0 atom stereocenters. The minimum absolute atomic E-state index is 0.697. The molecule has 0 unspecified atom stereocenters. The van der Waals surface area contributed by atoms with Crippen LogP contribution in [0.3, 0.4) is 0 Å². The Morgan fingerprint density at radius 2 is 1.89 bits per heavy atom. The highest BCUT2D eigenvalue weighted by molar-refractivity contribution is 5.79. The van der Waals surface area contributed by atoms with Gasteiger partial charge in [0.25, 0.3) is 0 Å². The lowest BCUT2D eigenvalue weighted by Gasteiger charge is -2.31. The molecule has 0 amide bonds. The number of hydrogen-bond donors (Lipinski definition) is 2. The fourth-order valence-corrected chi connectivity index (χ4v) is 2.55. The fourth-order valence-electron chi connectivity index (χ4n) is 2.55. The first kappa shape index (κ1) is 16.2. The number of nitrogens with zero attached hydrogens (tertiary/aromatic N) is 2. The average Bonchev–Trinajstić information content (AvgIpc) is 2.46. The van der Waals surface area contributed by atoms with Gasteiger partial charge in [0, 0.05) is 39.8 Å². The van der Waals surface area contributed by atoms with Crippen molar-refractivity contribution < 1.29 is 4.74 Å².